The smallest absolute Gasteiger partial charge is 0.240 e. The number of sulfonamides is 1. The minimum absolute atomic E-state index is 0.246. The van der Waals surface area contributed by atoms with E-state index >= 15 is 0 Å². The SMILES string of the molecule is Cc1ccc(C)c(S(=O)(=O)NCCOCCN)c1. The molecule has 6 heteroatoms. The van der Waals surface area contributed by atoms with Gasteiger partial charge in [-0.25, -0.2) is 13.1 Å². The van der Waals surface area contributed by atoms with E-state index in [0.29, 0.717) is 24.7 Å². The van der Waals surface area contributed by atoms with Gasteiger partial charge >= 0.3 is 0 Å². The van der Waals surface area contributed by atoms with E-state index in [1.54, 1.807) is 19.1 Å². The topological polar surface area (TPSA) is 81.4 Å². The number of hydrogen-bond acceptors (Lipinski definition) is 4. The molecule has 0 aliphatic rings. The van der Waals surface area contributed by atoms with Crippen molar-refractivity contribution in [1.82, 2.24) is 4.72 Å². The van der Waals surface area contributed by atoms with Crippen molar-refractivity contribution < 1.29 is 13.2 Å². The number of nitrogens with one attached hydrogen (secondary N) is 1. The molecular formula is C12H20N2O3S. The molecule has 5 nitrogen and oxygen atoms in total. The highest BCUT2D eigenvalue weighted by Crippen LogP contribution is 2.16. The van der Waals surface area contributed by atoms with Gasteiger partial charge in [-0.1, -0.05) is 12.1 Å². The Labute approximate surface area is 108 Å². The summed E-state index contributed by atoms with van der Waals surface area (Å²) in [6.07, 6.45) is 0. The maximum atomic E-state index is 12.0. The molecule has 0 spiro atoms. The zero-order chi connectivity index (χ0) is 13.6. The summed E-state index contributed by atoms with van der Waals surface area (Å²) in [4.78, 5) is 0.321. The van der Waals surface area contributed by atoms with Crippen LogP contribution in [0.3, 0.4) is 0 Å². The molecule has 0 saturated heterocycles. The normalized spacial score (nSPS) is 11.7. The average molecular weight is 272 g/mol. The van der Waals surface area contributed by atoms with E-state index in [9.17, 15) is 8.42 Å². The fraction of sp³-hybridized carbons (Fsp3) is 0.500. The van der Waals surface area contributed by atoms with E-state index in [1.807, 2.05) is 13.0 Å². The number of rotatable bonds is 7. The van der Waals surface area contributed by atoms with Crippen LogP contribution >= 0.6 is 0 Å². The Hall–Kier alpha value is -0.950. The molecule has 0 unspecified atom stereocenters. The zero-order valence-corrected chi connectivity index (χ0v) is 11.6. The van der Waals surface area contributed by atoms with Crippen LogP contribution in [0.4, 0.5) is 0 Å². The molecule has 0 aromatic heterocycles. The van der Waals surface area contributed by atoms with Crippen LogP contribution in [0, 0.1) is 13.8 Å². The van der Waals surface area contributed by atoms with Gasteiger partial charge in [0.25, 0.3) is 0 Å². The first-order chi connectivity index (χ1) is 8.47. The average Bonchev–Trinajstić information content (AvgIpc) is 2.32. The highest BCUT2D eigenvalue weighted by molar-refractivity contribution is 7.89. The first-order valence-electron chi connectivity index (χ1n) is 5.82. The number of nitrogens with two attached hydrogens (primary N) is 1. The highest BCUT2D eigenvalue weighted by atomic mass is 32.2. The van der Waals surface area contributed by atoms with Crippen molar-refractivity contribution in [3.05, 3.63) is 29.3 Å². The van der Waals surface area contributed by atoms with E-state index in [0.717, 1.165) is 11.1 Å². The molecule has 0 atom stereocenters. The fourth-order valence-corrected chi connectivity index (χ4v) is 2.85. The molecule has 0 aliphatic heterocycles. The molecule has 0 amide bonds. The van der Waals surface area contributed by atoms with Gasteiger partial charge in [0.05, 0.1) is 18.1 Å². The Bertz CT molecular complexity index is 486. The third-order valence-electron chi connectivity index (χ3n) is 2.43. The Kier molecular flexibility index (Phi) is 5.74. The Morgan fingerprint density at radius 2 is 2.00 bits per heavy atom. The molecule has 18 heavy (non-hydrogen) atoms. The number of hydrogen-bond donors (Lipinski definition) is 2. The van der Waals surface area contributed by atoms with Gasteiger partial charge in [-0.05, 0) is 31.0 Å². The van der Waals surface area contributed by atoms with E-state index in [1.165, 1.54) is 0 Å². The van der Waals surface area contributed by atoms with Gasteiger partial charge in [0.2, 0.25) is 10.0 Å². The van der Waals surface area contributed by atoms with Gasteiger partial charge in [0.15, 0.2) is 0 Å². The van der Waals surface area contributed by atoms with Crippen LogP contribution in [0.5, 0.6) is 0 Å². The summed E-state index contributed by atoms with van der Waals surface area (Å²) in [6, 6.07) is 5.35. The number of ether oxygens (including phenoxy) is 1. The second-order valence-corrected chi connectivity index (χ2v) is 5.80. The number of aryl methyl sites for hydroxylation is 2. The molecule has 102 valence electrons. The fourth-order valence-electron chi connectivity index (χ4n) is 1.51. The summed E-state index contributed by atoms with van der Waals surface area (Å²) in [5, 5.41) is 0. The lowest BCUT2D eigenvalue weighted by atomic mass is 10.2. The molecule has 0 bridgehead atoms. The van der Waals surface area contributed by atoms with Crippen LogP contribution < -0.4 is 10.5 Å². The Balaban J connectivity index is 2.66. The first-order valence-corrected chi connectivity index (χ1v) is 7.30. The predicted molar refractivity (Wildman–Crippen MR) is 71.0 cm³/mol. The molecule has 1 aromatic carbocycles. The minimum Gasteiger partial charge on any atom is -0.379 e. The van der Waals surface area contributed by atoms with E-state index in [4.69, 9.17) is 10.5 Å². The summed E-state index contributed by atoms with van der Waals surface area (Å²) in [5.41, 5.74) is 6.91. The van der Waals surface area contributed by atoms with Crippen molar-refractivity contribution >= 4 is 10.0 Å². The van der Waals surface area contributed by atoms with Crippen molar-refractivity contribution in [3.63, 3.8) is 0 Å². The highest BCUT2D eigenvalue weighted by Gasteiger charge is 2.15. The van der Waals surface area contributed by atoms with E-state index in [-0.39, 0.29) is 6.54 Å². The maximum Gasteiger partial charge on any atom is 0.240 e. The lowest BCUT2D eigenvalue weighted by molar-refractivity contribution is 0.147. The molecule has 1 rings (SSSR count). The van der Waals surface area contributed by atoms with Gasteiger partial charge in [0, 0.05) is 13.1 Å². The van der Waals surface area contributed by atoms with E-state index in [2.05, 4.69) is 4.72 Å². The summed E-state index contributed by atoms with van der Waals surface area (Å²) in [7, 11) is -3.46. The van der Waals surface area contributed by atoms with Crippen LogP contribution in [0.2, 0.25) is 0 Å². The van der Waals surface area contributed by atoms with Crippen molar-refractivity contribution in [2.24, 2.45) is 5.73 Å². The summed E-state index contributed by atoms with van der Waals surface area (Å²) >= 11 is 0. The monoisotopic (exact) mass is 272 g/mol. The largest absolute Gasteiger partial charge is 0.379 e. The van der Waals surface area contributed by atoms with Crippen LogP contribution in [0.1, 0.15) is 11.1 Å². The predicted octanol–water partition coefficient (Wildman–Crippen LogP) is 0.557. The van der Waals surface area contributed by atoms with Crippen molar-refractivity contribution in [1.29, 1.82) is 0 Å². The van der Waals surface area contributed by atoms with Gasteiger partial charge in [0.1, 0.15) is 0 Å². The van der Waals surface area contributed by atoms with Crippen molar-refractivity contribution in [3.8, 4) is 0 Å². The van der Waals surface area contributed by atoms with Gasteiger partial charge in [-0.15, -0.1) is 0 Å². The molecule has 0 fully saturated rings. The molecule has 0 radical (unpaired) electrons. The third kappa shape index (κ3) is 4.38. The third-order valence-corrected chi connectivity index (χ3v) is 4.04. The van der Waals surface area contributed by atoms with Gasteiger partial charge in [-0.3, -0.25) is 0 Å². The van der Waals surface area contributed by atoms with Crippen LogP contribution in [0.15, 0.2) is 23.1 Å². The molecule has 0 heterocycles. The Morgan fingerprint density at radius 1 is 1.28 bits per heavy atom. The lowest BCUT2D eigenvalue weighted by Crippen LogP contribution is -2.28. The standard InChI is InChI=1S/C12H20N2O3S/c1-10-3-4-11(2)12(9-10)18(15,16)14-6-8-17-7-5-13/h3-4,9,14H,5-8,13H2,1-2H3. The molecule has 0 aliphatic carbocycles. The molecule has 1 aromatic rings. The van der Waals surface area contributed by atoms with Crippen molar-refractivity contribution in [2.75, 3.05) is 26.3 Å². The van der Waals surface area contributed by atoms with Crippen LogP contribution in [-0.4, -0.2) is 34.7 Å². The van der Waals surface area contributed by atoms with Gasteiger partial charge in [-0.2, -0.15) is 0 Å². The van der Waals surface area contributed by atoms with Crippen LogP contribution in [0.25, 0.3) is 0 Å². The zero-order valence-electron chi connectivity index (χ0n) is 10.8. The summed E-state index contributed by atoms with van der Waals surface area (Å²) < 4.78 is 31.7. The maximum absolute atomic E-state index is 12.0. The molecule has 0 saturated carbocycles. The van der Waals surface area contributed by atoms with Crippen molar-refractivity contribution in [2.45, 2.75) is 18.7 Å². The second-order valence-electron chi connectivity index (χ2n) is 4.07. The molecule has 3 N–H and O–H groups in total. The van der Waals surface area contributed by atoms with E-state index < -0.39 is 10.0 Å². The Morgan fingerprint density at radius 3 is 2.67 bits per heavy atom. The first kappa shape index (κ1) is 15.1. The quantitative estimate of drug-likeness (QED) is 0.711. The minimum atomic E-state index is -3.46. The van der Waals surface area contributed by atoms with Crippen LogP contribution in [-0.2, 0) is 14.8 Å². The second kappa shape index (κ2) is 6.84. The lowest BCUT2D eigenvalue weighted by Gasteiger charge is -2.10. The van der Waals surface area contributed by atoms with Gasteiger partial charge < -0.3 is 10.5 Å². The summed E-state index contributed by atoms with van der Waals surface area (Å²) in [6.45, 7) is 5.08. The summed E-state index contributed by atoms with van der Waals surface area (Å²) in [5.74, 6) is 0. The molecular weight excluding hydrogens is 252 g/mol. The number of benzene rings is 1.